The lowest BCUT2D eigenvalue weighted by Gasteiger charge is -2.38. The highest BCUT2D eigenvalue weighted by molar-refractivity contribution is 5.78. The molecular weight excluding hydrogens is 226 g/mol. The molecule has 1 aliphatic heterocycles. The van der Waals surface area contributed by atoms with Crippen molar-refractivity contribution in [2.24, 2.45) is 0 Å². The van der Waals surface area contributed by atoms with E-state index in [1.165, 1.54) is 19.3 Å². The molecule has 2 N–H and O–H groups in total. The summed E-state index contributed by atoms with van der Waals surface area (Å²) in [5, 5.41) is 6.32. The number of carbonyl (C=O) groups excluding carboxylic acids is 1. The van der Waals surface area contributed by atoms with Crippen molar-refractivity contribution in [2.75, 3.05) is 26.7 Å². The van der Waals surface area contributed by atoms with Crippen molar-refractivity contribution in [2.45, 2.75) is 58.0 Å². The lowest BCUT2D eigenvalue weighted by molar-refractivity contribution is -0.123. The minimum atomic E-state index is 0.179. The van der Waals surface area contributed by atoms with Gasteiger partial charge in [0.15, 0.2) is 0 Å². The number of piperidine rings is 1. The Morgan fingerprint density at radius 3 is 2.89 bits per heavy atom. The van der Waals surface area contributed by atoms with Gasteiger partial charge in [0.05, 0.1) is 6.54 Å². The topological polar surface area (TPSA) is 44.4 Å². The number of hydrogen-bond acceptors (Lipinski definition) is 3. The summed E-state index contributed by atoms with van der Waals surface area (Å²) in [6.45, 7) is 6.77. The summed E-state index contributed by atoms with van der Waals surface area (Å²) in [6, 6.07) is 0.953. The van der Waals surface area contributed by atoms with Crippen molar-refractivity contribution in [3.05, 3.63) is 0 Å². The Morgan fingerprint density at radius 2 is 2.22 bits per heavy atom. The predicted molar refractivity (Wildman–Crippen MR) is 75.7 cm³/mol. The summed E-state index contributed by atoms with van der Waals surface area (Å²) in [6.07, 6.45) is 5.90. The Hall–Kier alpha value is -0.610. The third-order valence-corrected chi connectivity index (χ3v) is 3.90. The van der Waals surface area contributed by atoms with Crippen molar-refractivity contribution in [3.63, 3.8) is 0 Å². The minimum absolute atomic E-state index is 0.179. The maximum atomic E-state index is 11.9. The molecule has 0 radical (unpaired) electrons. The van der Waals surface area contributed by atoms with Gasteiger partial charge in [-0.2, -0.15) is 0 Å². The zero-order valence-electron chi connectivity index (χ0n) is 12.2. The van der Waals surface area contributed by atoms with Crippen LogP contribution in [-0.2, 0) is 4.79 Å². The van der Waals surface area contributed by atoms with Crippen LogP contribution in [-0.4, -0.2) is 49.6 Å². The standard InChI is InChI=1S/C14H29N3O/c1-4-5-9-16-14(18)11-17-10-7-6-8-13(17)12(2)15-3/h12-13,15H,4-11H2,1-3H3,(H,16,18). The molecule has 1 aliphatic rings. The molecule has 0 bridgehead atoms. The molecule has 0 aromatic rings. The second-order valence-corrected chi connectivity index (χ2v) is 5.31. The first-order valence-electron chi connectivity index (χ1n) is 7.37. The Balaban J connectivity index is 2.39. The van der Waals surface area contributed by atoms with E-state index in [0.717, 1.165) is 25.9 Å². The van der Waals surface area contributed by atoms with Crippen molar-refractivity contribution >= 4 is 5.91 Å². The van der Waals surface area contributed by atoms with E-state index >= 15 is 0 Å². The van der Waals surface area contributed by atoms with E-state index in [0.29, 0.717) is 18.6 Å². The maximum Gasteiger partial charge on any atom is 0.234 e. The zero-order chi connectivity index (χ0) is 13.4. The fourth-order valence-corrected chi connectivity index (χ4v) is 2.62. The van der Waals surface area contributed by atoms with Crippen LogP contribution in [0.2, 0.25) is 0 Å². The van der Waals surface area contributed by atoms with Crippen molar-refractivity contribution in [1.82, 2.24) is 15.5 Å². The highest BCUT2D eigenvalue weighted by Gasteiger charge is 2.27. The lowest BCUT2D eigenvalue weighted by Crippen LogP contribution is -2.53. The van der Waals surface area contributed by atoms with Crippen LogP contribution < -0.4 is 10.6 Å². The summed E-state index contributed by atoms with van der Waals surface area (Å²) in [5.41, 5.74) is 0. The number of nitrogens with one attached hydrogen (secondary N) is 2. The highest BCUT2D eigenvalue weighted by Crippen LogP contribution is 2.19. The number of carbonyl (C=O) groups is 1. The van der Waals surface area contributed by atoms with Gasteiger partial charge in [0, 0.05) is 18.6 Å². The smallest absolute Gasteiger partial charge is 0.234 e. The molecule has 106 valence electrons. The molecule has 18 heavy (non-hydrogen) atoms. The van der Waals surface area contributed by atoms with Crippen molar-refractivity contribution in [3.8, 4) is 0 Å². The van der Waals surface area contributed by atoms with E-state index in [4.69, 9.17) is 0 Å². The number of nitrogens with zero attached hydrogens (tertiary/aromatic N) is 1. The minimum Gasteiger partial charge on any atom is -0.355 e. The van der Waals surface area contributed by atoms with Gasteiger partial charge < -0.3 is 10.6 Å². The summed E-state index contributed by atoms with van der Waals surface area (Å²) in [4.78, 5) is 14.2. The van der Waals surface area contributed by atoms with Gasteiger partial charge in [0.1, 0.15) is 0 Å². The molecule has 1 rings (SSSR count). The number of likely N-dealkylation sites (N-methyl/N-ethyl adjacent to an activating group) is 1. The Morgan fingerprint density at radius 1 is 1.44 bits per heavy atom. The van der Waals surface area contributed by atoms with Gasteiger partial charge in [-0.1, -0.05) is 19.8 Å². The van der Waals surface area contributed by atoms with Crippen LogP contribution >= 0.6 is 0 Å². The third-order valence-electron chi connectivity index (χ3n) is 3.90. The van der Waals surface area contributed by atoms with Crippen molar-refractivity contribution in [1.29, 1.82) is 0 Å². The van der Waals surface area contributed by atoms with Crippen LogP contribution in [0.25, 0.3) is 0 Å². The first-order chi connectivity index (χ1) is 8.69. The summed E-state index contributed by atoms with van der Waals surface area (Å²) < 4.78 is 0. The molecule has 1 amide bonds. The van der Waals surface area contributed by atoms with Gasteiger partial charge in [-0.3, -0.25) is 9.69 Å². The maximum absolute atomic E-state index is 11.9. The van der Waals surface area contributed by atoms with E-state index < -0.39 is 0 Å². The van der Waals surface area contributed by atoms with Gasteiger partial charge in [0.25, 0.3) is 0 Å². The van der Waals surface area contributed by atoms with Gasteiger partial charge in [-0.15, -0.1) is 0 Å². The van der Waals surface area contributed by atoms with E-state index in [-0.39, 0.29) is 5.91 Å². The number of rotatable bonds is 7. The summed E-state index contributed by atoms with van der Waals surface area (Å²) in [7, 11) is 2.00. The molecule has 4 heteroatoms. The zero-order valence-corrected chi connectivity index (χ0v) is 12.2. The molecule has 2 unspecified atom stereocenters. The summed E-state index contributed by atoms with van der Waals surface area (Å²) >= 11 is 0. The quantitative estimate of drug-likeness (QED) is 0.675. The molecule has 0 aromatic heterocycles. The average Bonchev–Trinajstić information content (AvgIpc) is 2.39. The van der Waals surface area contributed by atoms with Crippen LogP contribution in [0.1, 0.15) is 46.0 Å². The fourth-order valence-electron chi connectivity index (χ4n) is 2.62. The summed E-state index contributed by atoms with van der Waals surface area (Å²) in [5.74, 6) is 0.179. The van der Waals surface area contributed by atoms with Crippen LogP contribution in [0.4, 0.5) is 0 Å². The molecule has 4 nitrogen and oxygen atoms in total. The molecular formula is C14H29N3O. The second-order valence-electron chi connectivity index (χ2n) is 5.31. The van der Waals surface area contributed by atoms with Crippen molar-refractivity contribution < 1.29 is 4.79 Å². The van der Waals surface area contributed by atoms with Crippen LogP contribution in [0.5, 0.6) is 0 Å². The Kier molecular flexibility index (Phi) is 7.28. The first kappa shape index (κ1) is 15.4. The molecule has 0 spiro atoms. The number of hydrogen-bond donors (Lipinski definition) is 2. The van der Waals surface area contributed by atoms with Crippen LogP contribution in [0.3, 0.4) is 0 Å². The normalized spacial score (nSPS) is 22.7. The molecule has 1 saturated heterocycles. The SMILES string of the molecule is CCCCNC(=O)CN1CCCCC1C(C)NC. The Bertz CT molecular complexity index is 245. The average molecular weight is 255 g/mol. The molecule has 0 aromatic carbocycles. The van der Waals surface area contributed by atoms with E-state index in [2.05, 4.69) is 29.4 Å². The van der Waals surface area contributed by atoms with Gasteiger partial charge >= 0.3 is 0 Å². The first-order valence-corrected chi connectivity index (χ1v) is 7.37. The van der Waals surface area contributed by atoms with E-state index in [1.54, 1.807) is 0 Å². The van der Waals surface area contributed by atoms with Crippen LogP contribution in [0.15, 0.2) is 0 Å². The van der Waals surface area contributed by atoms with E-state index in [1.807, 2.05) is 7.05 Å². The molecule has 0 saturated carbocycles. The molecule has 0 aliphatic carbocycles. The second kappa shape index (κ2) is 8.48. The van der Waals surface area contributed by atoms with E-state index in [9.17, 15) is 4.79 Å². The number of unbranched alkanes of at least 4 members (excludes halogenated alkanes) is 1. The highest BCUT2D eigenvalue weighted by atomic mass is 16.2. The third kappa shape index (κ3) is 4.94. The molecule has 1 heterocycles. The Labute approximate surface area is 111 Å². The van der Waals surface area contributed by atoms with Crippen LogP contribution in [0, 0.1) is 0 Å². The lowest BCUT2D eigenvalue weighted by atomic mass is 9.96. The molecule has 2 atom stereocenters. The van der Waals surface area contributed by atoms with Gasteiger partial charge in [-0.25, -0.2) is 0 Å². The number of amides is 1. The van der Waals surface area contributed by atoms with Gasteiger partial charge in [0.2, 0.25) is 5.91 Å². The number of likely N-dealkylation sites (tertiary alicyclic amines) is 1. The van der Waals surface area contributed by atoms with Gasteiger partial charge in [-0.05, 0) is 39.8 Å². The largest absolute Gasteiger partial charge is 0.355 e. The molecule has 1 fully saturated rings. The predicted octanol–water partition coefficient (Wildman–Crippen LogP) is 1.37. The fraction of sp³-hybridized carbons (Fsp3) is 0.929. The monoisotopic (exact) mass is 255 g/mol.